The Bertz CT molecular complexity index is 1330. The first-order valence-corrected chi connectivity index (χ1v) is 12.8. The van der Waals surface area contributed by atoms with Gasteiger partial charge in [0.1, 0.15) is 0 Å². The Morgan fingerprint density at radius 2 is 2.00 bits per heavy atom. The van der Waals surface area contributed by atoms with Gasteiger partial charge >= 0.3 is 0 Å². The largest absolute Gasteiger partial charge is 0.372 e. The summed E-state index contributed by atoms with van der Waals surface area (Å²) in [6.07, 6.45) is 22.4. The summed E-state index contributed by atoms with van der Waals surface area (Å²) in [7, 11) is 1.98. The zero-order valence-electron chi connectivity index (χ0n) is 21.8. The molecule has 6 nitrogen and oxygen atoms in total. The summed E-state index contributed by atoms with van der Waals surface area (Å²) >= 11 is 0. The molecule has 0 saturated heterocycles. The van der Waals surface area contributed by atoms with E-state index in [1.54, 1.807) is 6.20 Å². The molecule has 4 rings (SSSR count). The minimum absolute atomic E-state index is 0.793. The van der Waals surface area contributed by atoms with Gasteiger partial charge in [0.25, 0.3) is 0 Å². The van der Waals surface area contributed by atoms with Crippen LogP contribution >= 0.6 is 0 Å². The highest BCUT2D eigenvalue weighted by atomic mass is 15.1. The predicted octanol–water partition coefficient (Wildman–Crippen LogP) is 4.79. The van der Waals surface area contributed by atoms with Crippen molar-refractivity contribution in [2.24, 2.45) is 12.0 Å². The number of allylic oxidation sites excluding steroid dienone is 6. The van der Waals surface area contributed by atoms with E-state index in [2.05, 4.69) is 79.0 Å². The molecule has 0 spiro atoms. The zero-order valence-corrected chi connectivity index (χ0v) is 21.8. The lowest BCUT2D eigenvalue weighted by atomic mass is 10.1. The van der Waals surface area contributed by atoms with Crippen molar-refractivity contribution in [3.63, 3.8) is 0 Å². The number of aromatic amines is 1. The summed E-state index contributed by atoms with van der Waals surface area (Å²) in [6, 6.07) is 0. The average Bonchev–Trinajstić information content (AvgIpc) is 3.34. The summed E-state index contributed by atoms with van der Waals surface area (Å²) < 4.78 is 1.97. The van der Waals surface area contributed by atoms with Crippen molar-refractivity contribution in [2.75, 3.05) is 13.1 Å². The molecular formula is C29H38N6. The maximum absolute atomic E-state index is 5.07. The number of aromatic nitrogens is 4. The van der Waals surface area contributed by atoms with Crippen LogP contribution in [-0.2, 0) is 7.05 Å². The number of imidazole rings is 2. The topological polar surface area (TPSA) is 62.1 Å². The quantitative estimate of drug-likeness (QED) is 0.536. The van der Waals surface area contributed by atoms with Crippen LogP contribution in [0.25, 0.3) is 23.8 Å². The number of unbranched alkanes of at least 4 members (excludes halogenated alkanes) is 1. The Labute approximate surface area is 208 Å². The van der Waals surface area contributed by atoms with Gasteiger partial charge in [-0.05, 0) is 62.8 Å². The highest BCUT2D eigenvalue weighted by Crippen LogP contribution is 2.23. The van der Waals surface area contributed by atoms with Crippen molar-refractivity contribution in [1.82, 2.24) is 24.4 Å². The molecule has 35 heavy (non-hydrogen) atoms. The van der Waals surface area contributed by atoms with Crippen LogP contribution in [0.2, 0.25) is 0 Å². The van der Waals surface area contributed by atoms with Crippen LogP contribution < -0.4 is 10.7 Å². The van der Waals surface area contributed by atoms with Crippen LogP contribution in [0.15, 0.2) is 64.2 Å². The van der Waals surface area contributed by atoms with E-state index in [1.165, 1.54) is 29.7 Å². The first-order chi connectivity index (χ1) is 17.0. The second kappa shape index (κ2) is 11.3. The maximum atomic E-state index is 5.07. The van der Waals surface area contributed by atoms with Crippen molar-refractivity contribution < 1.29 is 0 Å². The minimum atomic E-state index is 0.793. The molecule has 6 heteroatoms. The second-order valence-electron chi connectivity index (χ2n) is 9.33. The fourth-order valence-corrected chi connectivity index (χ4v) is 4.51. The molecule has 0 fully saturated rings. The van der Waals surface area contributed by atoms with E-state index in [4.69, 9.17) is 9.98 Å². The molecule has 0 unspecified atom stereocenters. The van der Waals surface area contributed by atoms with E-state index >= 15 is 0 Å². The van der Waals surface area contributed by atoms with Crippen molar-refractivity contribution >= 4 is 17.9 Å². The molecule has 2 heterocycles. The number of rotatable bonds is 9. The summed E-state index contributed by atoms with van der Waals surface area (Å²) in [5, 5.41) is 1.97. The molecule has 184 valence electrons. The molecule has 0 bridgehead atoms. The Hall–Kier alpha value is -3.41. The van der Waals surface area contributed by atoms with Gasteiger partial charge in [-0.15, -0.1) is 0 Å². The summed E-state index contributed by atoms with van der Waals surface area (Å²) in [5.41, 5.74) is 5.88. The monoisotopic (exact) mass is 470 g/mol. The van der Waals surface area contributed by atoms with E-state index in [0.29, 0.717) is 0 Å². The van der Waals surface area contributed by atoms with Crippen LogP contribution in [0.3, 0.4) is 0 Å². The average molecular weight is 471 g/mol. The number of aryl methyl sites for hydroxylation is 1. The highest BCUT2D eigenvalue weighted by molar-refractivity contribution is 6.00. The van der Waals surface area contributed by atoms with Gasteiger partial charge in [-0.3, -0.25) is 4.99 Å². The molecule has 2 aliphatic rings. The lowest BCUT2D eigenvalue weighted by Gasteiger charge is -2.25. The van der Waals surface area contributed by atoms with Gasteiger partial charge in [0, 0.05) is 43.9 Å². The Kier molecular flexibility index (Phi) is 8.01. The fourth-order valence-electron chi connectivity index (χ4n) is 4.51. The summed E-state index contributed by atoms with van der Waals surface area (Å²) in [6.45, 7) is 11.0. The normalized spacial score (nSPS) is 16.1. The Morgan fingerprint density at radius 3 is 2.74 bits per heavy atom. The minimum Gasteiger partial charge on any atom is -0.372 e. The highest BCUT2D eigenvalue weighted by Gasteiger charge is 2.13. The van der Waals surface area contributed by atoms with E-state index in [0.717, 1.165) is 66.1 Å². The molecule has 2 aromatic rings. The third-order valence-corrected chi connectivity index (χ3v) is 6.56. The third-order valence-electron chi connectivity index (χ3n) is 6.56. The second-order valence-corrected chi connectivity index (χ2v) is 9.33. The van der Waals surface area contributed by atoms with Gasteiger partial charge in [-0.1, -0.05) is 44.6 Å². The van der Waals surface area contributed by atoms with Crippen molar-refractivity contribution in [3.05, 3.63) is 69.9 Å². The number of nitrogens with zero attached hydrogens (tertiary/aromatic N) is 5. The van der Waals surface area contributed by atoms with E-state index in [1.807, 2.05) is 17.8 Å². The molecule has 2 aliphatic carbocycles. The number of fused-ring (bicyclic) bond motifs is 1. The van der Waals surface area contributed by atoms with Gasteiger partial charge in [0.05, 0.1) is 16.4 Å². The molecule has 0 aromatic carbocycles. The Morgan fingerprint density at radius 1 is 1.14 bits per heavy atom. The zero-order chi connectivity index (χ0) is 24.8. The molecule has 0 atom stereocenters. The SMILES string of the molecule is CCCCN(CCC)C1=CCC=C(N=C(C)C2=CC=c3[nH]c(-c4nccn4C)nc3=CC2)C(C)=C1. The third kappa shape index (κ3) is 5.81. The van der Waals surface area contributed by atoms with E-state index in [9.17, 15) is 0 Å². The van der Waals surface area contributed by atoms with Crippen LogP contribution in [0.4, 0.5) is 0 Å². The van der Waals surface area contributed by atoms with Gasteiger partial charge in [-0.2, -0.15) is 0 Å². The van der Waals surface area contributed by atoms with Crippen LogP contribution in [0, 0.1) is 0 Å². The van der Waals surface area contributed by atoms with E-state index < -0.39 is 0 Å². The summed E-state index contributed by atoms with van der Waals surface area (Å²) in [5.74, 6) is 1.63. The summed E-state index contributed by atoms with van der Waals surface area (Å²) in [4.78, 5) is 20.2. The van der Waals surface area contributed by atoms with Gasteiger partial charge in [-0.25, -0.2) is 9.97 Å². The van der Waals surface area contributed by atoms with Crippen LogP contribution in [0.5, 0.6) is 0 Å². The number of hydrogen-bond acceptors (Lipinski definition) is 4. The number of aliphatic imine (C=N–C) groups is 1. The van der Waals surface area contributed by atoms with Gasteiger partial charge in [0.15, 0.2) is 11.6 Å². The number of hydrogen-bond donors (Lipinski definition) is 1. The lowest BCUT2D eigenvalue weighted by Crippen LogP contribution is -2.24. The predicted molar refractivity (Wildman–Crippen MR) is 146 cm³/mol. The number of nitrogens with one attached hydrogen (secondary N) is 1. The molecule has 2 aromatic heterocycles. The number of H-pyrrole nitrogens is 1. The first-order valence-electron chi connectivity index (χ1n) is 12.8. The molecule has 1 N–H and O–H groups in total. The Balaban J connectivity index is 1.53. The van der Waals surface area contributed by atoms with Crippen molar-refractivity contribution in [3.8, 4) is 11.6 Å². The lowest BCUT2D eigenvalue weighted by molar-refractivity contribution is 0.346. The van der Waals surface area contributed by atoms with Crippen molar-refractivity contribution in [1.29, 1.82) is 0 Å². The molecule has 0 saturated carbocycles. The van der Waals surface area contributed by atoms with Crippen LogP contribution in [0.1, 0.15) is 59.8 Å². The molecule has 0 aliphatic heterocycles. The van der Waals surface area contributed by atoms with E-state index in [-0.39, 0.29) is 0 Å². The first kappa shape index (κ1) is 24.7. The van der Waals surface area contributed by atoms with Gasteiger partial charge < -0.3 is 14.5 Å². The van der Waals surface area contributed by atoms with Crippen molar-refractivity contribution in [2.45, 2.75) is 59.8 Å². The maximum Gasteiger partial charge on any atom is 0.175 e. The smallest absolute Gasteiger partial charge is 0.175 e. The molecule has 0 amide bonds. The van der Waals surface area contributed by atoms with Crippen LogP contribution in [-0.4, -0.2) is 43.2 Å². The fraction of sp³-hybridized carbons (Fsp3) is 0.414. The molecule has 0 radical (unpaired) electrons. The van der Waals surface area contributed by atoms with Gasteiger partial charge in [0.2, 0.25) is 0 Å². The standard InChI is InChI=1S/C29H38N6/c1-6-8-18-35(17-7-2)24-10-9-11-25(21(3)20-24)31-22(4)23-12-14-26-27(15-13-23)33-28(32-26)29-30-16-19-34(29)5/h10-12,14-16,19-20H,6-9,13,17-18H2,1-5H3,(H,32,33). The molecular weight excluding hydrogens is 432 g/mol.